The number of anilines is 1. The normalized spacial score (nSPS) is 11.5. The highest BCUT2D eigenvalue weighted by atomic mass is 32.2. The first-order valence-corrected chi connectivity index (χ1v) is 10.7. The largest absolute Gasteiger partial charge is 0.379 e. The van der Waals surface area contributed by atoms with E-state index in [9.17, 15) is 8.42 Å². The van der Waals surface area contributed by atoms with Gasteiger partial charge in [0.05, 0.1) is 21.8 Å². The molecule has 6 heteroatoms. The molecule has 0 unspecified atom stereocenters. The predicted molar refractivity (Wildman–Crippen MR) is 112 cm³/mol. The molecule has 140 valence electrons. The van der Waals surface area contributed by atoms with Crippen molar-refractivity contribution in [2.45, 2.75) is 11.4 Å². The number of aromatic nitrogens is 2. The lowest BCUT2D eigenvalue weighted by Gasteiger charge is -2.11. The summed E-state index contributed by atoms with van der Waals surface area (Å²) in [5.74, 6) is 0. The second kappa shape index (κ2) is 7.40. The average molecular weight is 389 g/mol. The van der Waals surface area contributed by atoms with E-state index >= 15 is 0 Å². The molecule has 0 aliphatic heterocycles. The van der Waals surface area contributed by atoms with Crippen LogP contribution in [0, 0.1) is 0 Å². The number of nitrogens with zero attached hydrogens (tertiary/aromatic N) is 2. The highest BCUT2D eigenvalue weighted by Crippen LogP contribution is 2.27. The lowest BCUT2D eigenvalue weighted by molar-refractivity contribution is 0.602. The smallest absolute Gasteiger partial charge is 0.175 e. The van der Waals surface area contributed by atoms with E-state index in [0.717, 1.165) is 33.4 Å². The number of para-hydroxylation sites is 1. The zero-order chi connectivity index (χ0) is 19.6. The Hall–Kier alpha value is -3.25. The van der Waals surface area contributed by atoms with Gasteiger partial charge in [-0.15, -0.1) is 0 Å². The second-order valence-electron chi connectivity index (χ2n) is 6.59. The van der Waals surface area contributed by atoms with Gasteiger partial charge in [0, 0.05) is 36.1 Å². The summed E-state index contributed by atoms with van der Waals surface area (Å²) in [6.07, 6.45) is 4.79. The number of hydrogen-bond acceptors (Lipinski definition) is 5. The molecule has 2 heterocycles. The van der Waals surface area contributed by atoms with Crippen LogP contribution in [0.2, 0.25) is 0 Å². The van der Waals surface area contributed by atoms with Crippen molar-refractivity contribution in [3.63, 3.8) is 0 Å². The fourth-order valence-corrected chi connectivity index (χ4v) is 3.70. The molecule has 0 aliphatic carbocycles. The van der Waals surface area contributed by atoms with Crippen LogP contribution in [0.15, 0.2) is 84.0 Å². The minimum atomic E-state index is -3.27. The molecule has 4 rings (SSSR count). The molecule has 0 bridgehead atoms. The summed E-state index contributed by atoms with van der Waals surface area (Å²) < 4.78 is 23.7. The quantitative estimate of drug-likeness (QED) is 0.551. The van der Waals surface area contributed by atoms with Gasteiger partial charge in [0.15, 0.2) is 9.84 Å². The molecule has 0 atom stereocenters. The Bertz CT molecular complexity index is 1240. The van der Waals surface area contributed by atoms with E-state index in [4.69, 9.17) is 4.98 Å². The van der Waals surface area contributed by atoms with Gasteiger partial charge in [-0.1, -0.05) is 36.4 Å². The Kier molecular flexibility index (Phi) is 4.79. The summed E-state index contributed by atoms with van der Waals surface area (Å²) >= 11 is 0. The summed E-state index contributed by atoms with van der Waals surface area (Å²) in [7, 11) is -3.27. The number of hydrogen-bond donors (Lipinski definition) is 1. The maximum Gasteiger partial charge on any atom is 0.175 e. The van der Waals surface area contributed by atoms with Crippen LogP contribution in [-0.4, -0.2) is 24.6 Å². The van der Waals surface area contributed by atoms with E-state index in [1.54, 1.807) is 24.4 Å². The van der Waals surface area contributed by atoms with Crippen molar-refractivity contribution >= 4 is 26.4 Å². The van der Waals surface area contributed by atoms with Crippen molar-refractivity contribution < 1.29 is 8.42 Å². The monoisotopic (exact) mass is 389 g/mol. The molecule has 0 radical (unpaired) electrons. The van der Waals surface area contributed by atoms with Crippen molar-refractivity contribution in [1.29, 1.82) is 0 Å². The number of rotatable bonds is 5. The summed E-state index contributed by atoms with van der Waals surface area (Å²) in [5, 5.41) is 4.43. The first-order valence-electron chi connectivity index (χ1n) is 8.84. The highest BCUT2D eigenvalue weighted by molar-refractivity contribution is 7.90. The molecule has 4 aromatic rings. The van der Waals surface area contributed by atoms with Gasteiger partial charge < -0.3 is 5.32 Å². The third-order valence-electron chi connectivity index (χ3n) is 4.48. The van der Waals surface area contributed by atoms with Gasteiger partial charge in [0.25, 0.3) is 0 Å². The average Bonchev–Trinajstić information content (AvgIpc) is 2.72. The predicted octanol–water partition coefficient (Wildman–Crippen LogP) is 4.31. The minimum Gasteiger partial charge on any atom is -0.379 e. The van der Waals surface area contributed by atoms with Gasteiger partial charge in [-0.2, -0.15) is 0 Å². The van der Waals surface area contributed by atoms with Crippen LogP contribution in [-0.2, 0) is 16.4 Å². The fourth-order valence-electron chi connectivity index (χ4n) is 3.04. The molecule has 2 aromatic heterocycles. The third-order valence-corrected chi connectivity index (χ3v) is 5.59. The Balaban J connectivity index is 1.72. The molecule has 1 N–H and O–H groups in total. The maximum absolute atomic E-state index is 11.9. The molecule has 0 amide bonds. The van der Waals surface area contributed by atoms with Gasteiger partial charge in [-0.3, -0.25) is 4.98 Å². The number of sulfone groups is 1. The van der Waals surface area contributed by atoms with E-state index in [-0.39, 0.29) is 4.90 Å². The van der Waals surface area contributed by atoms with Gasteiger partial charge >= 0.3 is 0 Å². The number of fused-ring (bicyclic) bond motifs is 1. The Labute approximate surface area is 164 Å². The van der Waals surface area contributed by atoms with Crippen LogP contribution in [0.1, 0.15) is 5.56 Å². The molecule has 0 spiro atoms. The third kappa shape index (κ3) is 3.87. The summed E-state index contributed by atoms with van der Waals surface area (Å²) in [5.41, 5.74) is 4.34. The van der Waals surface area contributed by atoms with Gasteiger partial charge in [-0.05, 0) is 35.9 Å². The van der Waals surface area contributed by atoms with Gasteiger partial charge in [-0.25, -0.2) is 13.4 Å². The minimum absolute atomic E-state index is 0.287. The molecule has 0 fully saturated rings. The molecule has 2 aromatic carbocycles. The first-order chi connectivity index (χ1) is 13.5. The number of pyridine rings is 2. The zero-order valence-electron chi connectivity index (χ0n) is 15.3. The summed E-state index contributed by atoms with van der Waals surface area (Å²) in [6, 6.07) is 20.7. The molecular formula is C22H19N3O2S. The van der Waals surface area contributed by atoms with E-state index in [1.807, 2.05) is 54.7 Å². The lowest BCUT2D eigenvalue weighted by atomic mass is 10.1. The van der Waals surface area contributed by atoms with E-state index in [0.29, 0.717) is 6.54 Å². The number of nitrogens with one attached hydrogen (secondary N) is 1. The van der Waals surface area contributed by atoms with Crippen molar-refractivity contribution in [3.05, 3.63) is 84.7 Å². The fraction of sp³-hybridized carbons (Fsp3) is 0.0909. The van der Waals surface area contributed by atoms with Gasteiger partial charge in [0.2, 0.25) is 0 Å². The van der Waals surface area contributed by atoms with Crippen LogP contribution in [0.4, 0.5) is 5.69 Å². The van der Waals surface area contributed by atoms with Crippen LogP contribution in [0.5, 0.6) is 0 Å². The highest BCUT2D eigenvalue weighted by Gasteiger charge is 2.10. The van der Waals surface area contributed by atoms with Crippen LogP contribution in [0.3, 0.4) is 0 Å². The molecule has 28 heavy (non-hydrogen) atoms. The molecule has 0 saturated heterocycles. The van der Waals surface area contributed by atoms with Crippen molar-refractivity contribution in [2.24, 2.45) is 0 Å². The van der Waals surface area contributed by atoms with Gasteiger partial charge in [0.1, 0.15) is 0 Å². The Morgan fingerprint density at radius 2 is 1.82 bits per heavy atom. The molecular weight excluding hydrogens is 370 g/mol. The van der Waals surface area contributed by atoms with E-state index < -0.39 is 9.84 Å². The lowest BCUT2D eigenvalue weighted by Crippen LogP contribution is -2.01. The standard InChI is InChI=1S/C22H19N3O2S/c1-28(26,27)19-8-2-7-18(13-19)20-11-10-17-6-3-9-21(22(17)25-20)24-15-16-5-4-12-23-14-16/h2-14,24H,15H2,1H3. The molecule has 0 saturated carbocycles. The van der Waals surface area contributed by atoms with Crippen molar-refractivity contribution in [1.82, 2.24) is 9.97 Å². The van der Waals surface area contributed by atoms with E-state index in [1.165, 1.54) is 6.26 Å². The van der Waals surface area contributed by atoms with Crippen molar-refractivity contribution in [2.75, 3.05) is 11.6 Å². The maximum atomic E-state index is 11.9. The van der Waals surface area contributed by atoms with Crippen LogP contribution < -0.4 is 5.32 Å². The molecule has 0 aliphatic rings. The Morgan fingerprint density at radius 3 is 2.61 bits per heavy atom. The first kappa shape index (κ1) is 18.1. The summed E-state index contributed by atoms with van der Waals surface area (Å²) in [6.45, 7) is 0.641. The topological polar surface area (TPSA) is 72.0 Å². The second-order valence-corrected chi connectivity index (χ2v) is 8.60. The van der Waals surface area contributed by atoms with Crippen molar-refractivity contribution in [3.8, 4) is 11.3 Å². The van der Waals surface area contributed by atoms with E-state index in [2.05, 4.69) is 10.3 Å². The molecule has 5 nitrogen and oxygen atoms in total. The van der Waals surface area contributed by atoms with Crippen LogP contribution in [0.25, 0.3) is 22.2 Å². The van der Waals surface area contributed by atoms with Crippen LogP contribution >= 0.6 is 0 Å². The summed E-state index contributed by atoms with van der Waals surface area (Å²) in [4.78, 5) is 9.23. The number of benzene rings is 2. The SMILES string of the molecule is CS(=O)(=O)c1cccc(-c2ccc3cccc(NCc4cccnc4)c3n2)c1. The zero-order valence-corrected chi connectivity index (χ0v) is 16.1. The Morgan fingerprint density at radius 1 is 0.964 bits per heavy atom.